The van der Waals surface area contributed by atoms with Gasteiger partial charge in [0.25, 0.3) is 0 Å². The van der Waals surface area contributed by atoms with Crippen molar-refractivity contribution in [2.75, 3.05) is 0 Å². The molecular weight excluding hydrogens is 330 g/mol. The molecule has 2 heterocycles. The Kier molecular flexibility index (Phi) is 4.24. The molecule has 0 spiro atoms. The Bertz CT molecular complexity index is 1060. The largest absolute Gasteiger partial charge is 0.329 e. The van der Waals surface area contributed by atoms with Gasteiger partial charge in [-0.3, -0.25) is 9.13 Å². The Morgan fingerprint density at radius 1 is 0.960 bits per heavy atom. The zero-order valence-corrected chi connectivity index (χ0v) is 14.9. The predicted molar refractivity (Wildman–Crippen MR) is 102 cm³/mol. The van der Waals surface area contributed by atoms with E-state index in [0.717, 1.165) is 28.2 Å². The number of imidazole rings is 1. The Morgan fingerprint density at radius 3 is 2.36 bits per heavy atom. The molecule has 0 saturated carbocycles. The number of thiazole rings is 1. The molecule has 126 valence electrons. The number of aryl methyl sites for hydroxylation is 1. The third-order valence-corrected chi connectivity index (χ3v) is 5.26. The lowest BCUT2D eigenvalue weighted by Gasteiger charge is -2.00. The average molecular weight is 349 g/mol. The van der Waals surface area contributed by atoms with Gasteiger partial charge in [-0.05, 0) is 24.6 Å². The van der Waals surface area contributed by atoms with E-state index in [0.29, 0.717) is 13.1 Å². The molecule has 25 heavy (non-hydrogen) atoms. The van der Waals surface area contributed by atoms with Crippen LogP contribution in [0.1, 0.15) is 23.2 Å². The second-order valence-corrected chi connectivity index (χ2v) is 6.94. The molecule has 2 aromatic heterocycles. The van der Waals surface area contributed by atoms with Gasteiger partial charge in [0.2, 0.25) is 0 Å². The molecule has 0 saturated heterocycles. The quantitative estimate of drug-likeness (QED) is 0.548. The van der Waals surface area contributed by atoms with Crippen LogP contribution in [0.5, 0.6) is 0 Å². The van der Waals surface area contributed by atoms with Crippen molar-refractivity contribution in [3.05, 3.63) is 86.7 Å². The zero-order valence-electron chi connectivity index (χ0n) is 14.1. The first kappa shape index (κ1) is 15.8. The number of fused-ring (bicyclic) bond motifs is 1. The van der Waals surface area contributed by atoms with E-state index < -0.39 is 0 Å². The van der Waals surface area contributed by atoms with E-state index >= 15 is 0 Å². The first-order valence-electron chi connectivity index (χ1n) is 8.41. The minimum Gasteiger partial charge on any atom is -0.292 e. The van der Waals surface area contributed by atoms with Gasteiger partial charge >= 0.3 is 5.69 Å². The molecule has 0 aliphatic rings. The van der Waals surface area contributed by atoms with E-state index in [4.69, 9.17) is 4.98 Å². The van der Waals surface area contributed by atoms with Crippen molar-refractivity contribution in [2.45, 2.75) is 26.4 Å². The smallest absolute Gasteiger partial charge is 0.292 e. The average Bonchev–Trinajstić information content (AvgIpc) is 3.19. The Balaban J connectivity index is 1.64. The maximum absolute atomic E-state index is 12.7. The van der Waals surface area contributed by atoms with Crippen molar-refractivity contribution < 1.29 is 0 Å². The molecule has 4 nitrogen and oxygen atoms in total. The highest BCUT2D eigenvalue weighted by Crippen LogP contribution is 2.18. The highest BCUT2D eigenvalue weighted by atomic mass is 32.1. The van der Waals surface area contributed by atoms with E-state index in [-0.39, 0.29) is 5.69 Å². The molecule has 0 atom stereocenters. The van der Waals surface area contributed by atoms with Crippen LogP contribution in [0.25, 0.3) is 11.0 Å². The number of para-hydroxylation sites is 2. The molecule has 0 amide bonds. The molecule has 5 heteroatoms. The van der Waals surface area contributed by atoms with Crippen LogP contribution in [0.4, 0.5) is 0 Å². The number of hydrogen-bond donors (Lipinski definition) is 0. The molecule has 0 aliphatic heterocycles. The lowest BCUT2D eigenvalue weighted by atomic mass is 10.2. The lowest BCUT2D eigenvalue weighted by Crippen LogP contribution is -2.24. The van der Waals surface area contributed by atoms with Crippen LogP contribution in [0.2, 0.25) is 0 Å². The monoisotopic (exact) mass is 349 g/mol. The maximum atomic E-state index is 12.7. The zero-order chi connectivity index (χ0) is 17.2. The summed E-state index contributed by atoms with van der Waals surface area (Å²) in [4.78, 5) is 17.5. The van der Waals surface area contributed by atoms with Crippen molar-refractivity contribution in [3.63, 3.8) is 0 Å². The number of aromatic nitrogens is 3. The summed E-state index contributed by atoms with van der Waals surface area (Å²) in [5.74, 6) is 0. The van der Waals surface area contributed by atoms with E-state index in [1.165, 1.54) is 5.56 Å². The lowest BCUT2D eigenvalue weighted by molar-refractivity contribution is 0.678. The molecule has 0 radical (unpaired) electrons. The summed E-state index contributed by atoms with van der Waals surface area (Å²) in [6, 6.07) is 18.3. The number of hydrogen-bond acceptors (Lipinski definition) is 3. The van der Waals surface area contributed by atoms with Gasteiger partial charge < -0.3 is 0 Å². The van der Waals surface area contributed by atoms with E-state index in [9.17, 15) is 4.79 Å². The third kappa shape index (κ3) is 3.03. The first-order chi connectivity index (χ1) is 12.3. The summed E-state index contributed by atoms with van der Waals surface area (Å²) in [7, 11) is 0. The van der Waals surface area contributed by atoms with Crippen molar-refractivity contribution in [1.29, 1.82) is 0 Å². The number of nitrogens with zero attached hydrogens (tertiary/aromatic N) is 3. The van der Waals surface area contributed by atoms with Gasteiger partial charge in [0, 0.05) is 18.3 Å². The molecule has 0 fully saturated rings. The van der Waals surface area contributed by atoms with E-state index in [2.05, 4.69) is 17.5 Å². The summed E-state index contributed by atoms with van der Waals surface area (Å²) in [5.41, 5.74) is 4.17. The first-order valence-corrected chi connectivity index (χ1v) is 9.29. The van der Waals surface area contributed by atoms with Gasteiger partial charge in [0.05, 0.1) is 28.3 Å². The van der Waals surface area contributed by atoms with Crippen LogP contribution in [-0.2, 0) is 19.5 Å². The highest BCUT2D eigenvalue weighted by Gasteiger charge is 2.13. The second kappa shape index (κ2) is 6.69. The van der Waals surface area contributed by atoms with Gasteiger partial charge in [0.15, 0.2) is 0 Å². The van der Waals surface area contributed by atoms with Gasteiger partial charge in [-0.25, -0.2) is 9.78 Å². The number of rotatable bonds is 5. The molecule has 0 N–H and O–H groups in total. The van der Waals surface area contributed by atoms with Gasteiger partial charge in [-0.1, -0.05) is 42.5 Å². The topological polar surface area (TPSA) is 39.8 Å². The molecule has 0 bridgehead atoms. The summed E-state index contributed by atoms with van der Waals surface area (Å²) >= 11 is 1.65. The van der Waals surface area contributed by atoms with Gasteiger partial charge in [0.1, 0.15) is 0 Å². The second-order valence-electron chi connectivity index (χ2n) is 6.00. The maximum Gasteiger partial charge on any atom is 0.329 e. The number of benzene rings is 2. The van der Waals surface area contributed by atoms with Crippen molar-refractivity contribution in [1.82, 2.24) is 14.1 Å². The van der Waals surface area contributed by atoms with E-state index in [1.807, 2.05) is 58.5 Å². The summed E-state index contributed by atoms with van der Waals surface area (Å²) in [6.07, 6.45) is 0.830. The fourth-order valence-corrected chi connectivity index (χ4v) is 3.99. The molecule has 2 aromatic carbocycles. The van der Waals surface area contributed by atoms with E-state index in [1.54, 1.807) is 11.3 Å². The summed E-state index contributed by atoms with van der Waals surface area (Å²) in [6.45, 7) is 3.18. The fourth-order valence-electron chi connectivity index (χ4n) is 3.17. The van der Waals surface area contributed by atoms with Gasteiger partial charge in [-0.15, -0.1) is 11.3 Å². The predicted octanol–water partition coefficient (Wildman–Crippen LogP) is 3.92. The third-order valence-electron chi connectivity index (χ3n) is 4.36. The minimum atomic E-state index is 0.0290. The molecular formula is C20H19N3OS. The summed E-state index contributed by atoms with van der Waals surface area (Å²) < 4.78 is 3.63. The standard InChI is InChI=1S/C20H19N3OS/c1-2-22-17-10-6-7-11-18(17)23(20(22)24)13-16-14-25-19(21-16)12-15-8-4-3-5-9-15/h3-11,14H,2,12-13H2,1H3. The Morgan fingerprint density at radius 2 is 1.64 bits per heavy atom. The molecule has 4 aromatic rings. The minimum absolute atomic E-state index is 0.0290. The SMILES string of the molecule is CCn1c(=O)n(Cc2csc(Cc3ccccc3)n2)c2ccccc21. The van der Waals surface area contributed by atoms with Gasteiger partial charge in [-0.2, -0.15) is 0 Å². The molecule has 0 unspecified atom stereocenters. The van der Waals surface area contributed by atoms with Crippen LogP contribution in [0, 0.1) is 0 Å². The highest BCUT2D eigenvalue weighted by molar-refractivity contribution is 7.09. The summed E-state index contributed by atoms with van der Waals surface area (Å²) in [5, 5.41) is 3.14. The normalized spacial score (nSPS) is 11.2. The van der Waals surface area contributed by atoms with Crippen LogP contribution >= 0.6 is 11.3 Å². The Hall–Kier alpha value is -2.66. The molecule has 0 aliphatic carbocycles. The van der Waals surface area contributed by atoms with Crippen LogP contribution in [-0.4, -0.2) is 14.1 Å². The van der Waals surface area contributed by atoms with Crippen LogP contribution in [0.3, 0.4) is 0 Å². The van der Waals surface area contributed by atoms with Crippen molar-refractivity contribution in [3.8, 4) is 0 Å². The van der Waals surface area contributed by atoms with Crippen LogP contribution in [0.15, 0.2) is 64.8 Å². The van der Waals surface area contributed by atoms with Crippen LogP contribution < -0.4 is 5.69 Å². The fraction of sp³-hybridized carbons (Fsp3) is 0.200. The van der Waals surface area contributed by atoms with Crippen molar-refractivity contribution in [2.24, 2.45) is 0 Å². The Labute approximate surface area is 150 Å². The van der Waals surface area contributed by atoms with Crippen molar-refractivity contribution >= 4 is 22.4 Å². The molecule has 4 rings (SSSR count).